The predicted molar refractivity (Wildman–Crippen MR) is 103 cm³/mol. The molecule has 3 aromatic carbocycles. The van der Waals surface area contributed by atoms with Crippen molar-refractivity contribution in [2.75, 3.05) is 0 Å². The number of hydrogen-bond donors (Lipinski definition) is 1. The number of rotatable bonds is 5. The first-order chi connectivity index (χ1) is 11.6. The van der Waals surface area contributed by atoms with Crippen LogP contribution in [0.3, 0.4) is 0 Å². The van der Waals surface area contributed by atoms with E-state index in [2.05, 4.69) is 98.9 Å². The molecule has 0 radical (unpaired) electrons. The highest BCUT2D eigenvalue weighted by molar-refractivity contribution is 5.67. The van der Waals surface area contributed by atoms with E-state index in [0.717, 1.165) is 6.54 Å². The van der Waals surface area contributed by atoms with Crippen molar-refractivity contribution in [1.29, 1.82) is 0 Å². The molecule has 122 valence electrons. The Hall–Kier alpha value is -2.38. The third kappa shape index (κ3) is 3.93. The van der Waals surface area contributed by atoms with Gasteiger partial charge in [-0.25, -0.2) is 0 Å². The van der Waals surface area contributed by atoms with Gasteiger partial charge < -0.3 is 5.32 Å². The number of benzene rings is 3. The van der Waals surface area contributed by atoms with E-state index >= 15 is 0 Å². The van der Waals surface area contributed by atoms with Gasteiger partial charge in [-0.15, -0.1) is 0 Å². The highest BCUT2D eigenvalue weighted by Gasteiger charge is 2.06. The highest BCUT2D eigenvalue weighted by atomic mass is 14.9. The van der Waals surface area contributed by atoms with Crippen LogP contribution in [0.2, 0.25) is 0 Å². The van der Waals surface area contributed by atoms with E-state index in [9.17, 15) is 0 Å². The molecule has 24 heavy (non-hydrogen) atoms. The molecule has 0 fully saturated rings. The molecule has 0 saturated carbocycles. The number of hydrogen-bond acceptors (Lipinski definition) is 1. The van der Waals surface area contributed by atoms with E-state index in [4.69, 9.17) is 0 Å². The fraction of sp³-hybridized carbons (Fsp3) is 0.217. The second kappa shape index (κ2) is 7.46. The molecule has 0 unspecified atom stereocenters. The van der Waals surface area contributed by atoms with Gasteiger partial charge in [0.25, 0.3) is 0 Å². The molecule has 0 aliphatic carbocycles. The predicted octanol–water partition coefficient (Wildman–Crippen LogP) is 5.82. The summed E-state index contributed by atoms with van der Waals surface area (Å²) in [6.07, 6.45) is 0. The summed E-state index contributed by atoms with van der Waals surface area (Å²) in [4.78, 5) is 0. The maximum absolute atomic E-state index is 3.63. The van der Waals surface area contributed by atoms with Gasteiger partial charge in [-0.05, 0) is 54.7 Å². The van der Waals surface area contributed by atoms with Gasteiger partial charge in [-0.2, -0.15) is 0 Å². The lowest BCUT2D eigenvalue weighted by Crippen LogP contribution is -2.18. The number of aryl methyl sites for hydroxylation is 2. The Balaban J connectivity index is 1.71. The Morgan fingerprint density at radius 1 is 0.833 bits per heavy atom. The van der Waals surface area contributed by atoms with Crippen LogP contribution in [0.1, 0.15) is 35.2 Å². The van der Waals surface area contributed by atoms with Gasteiger partial charge in [0.15, 0.2) is 0 Å². The van der Waals surface area contributed by atoms with E-state index in [1.807, 2.05) is 0 Å². The summed E-state index contributed by atoms with van der Waals surface area (Å²) in [5.41, 5.74) is 7.86. The van der Waals surface area contributed by atoms with Crippen molar-refractivity contribution in [2.45, 2.75) is 33.4 Å². The van der Waals surface area contributed by atoms with E-state index in [1.54, 1.807) is 0 Å². The third-order valence-corrected chi connectivity index (χ3v) is 4.57. The molecule has 0 amide bonds. The molecule has 1 atom stereocenters. The summed E-state index contributed by atoms with van der Waals surface area (Å²) in [6.45, 7) is 7.38. The molecule has 3 aromatic rings. The van der Waals surface area contributed by atoms with Gasteiger partial charge in [0.2, 0.25) is 0 Å². The minimum atomic E-state index is 0.340. The molecule has 0 saturated heterocycles. The lowest BCUT2D eigenvalue weighted by Gasteiger charge is -2.15. The molecule has 1 heteroatoms. The molecule has 1 N–H and O–H groups in total. The van der Waals surface area contributed by atoms with E-state index in [1.165, 1.54) is 33.4 Å². The zero-order valence-corrected chi connectivity index (χ0v) is 14.7. The fourth-order valence-electron chi connectivity index (χ4n) is 2.99. The van der Waals surface area contributed by atoms with Crippen molar-refractivity contribution in [3.05, 3.63) is 95.1 Å². The summed E-state index contributed by atoms with van der Waals surface area (Å²) >= 11 is 0. The van der Waals surface area contributed by atoms with Crippen LogP contribution < -0.4 is 5.32 Å². The van der Waals surface area contributed by atoms with Crippen LogP contribution in [-0.2, 0) is 6.54 Å². The zero-order chi connectivity index (χ0) is 16.9. The van der Waals surface area contributed by atoms with Crippen LogP contribution >= 0.6 is 0 Å². The van der Waals surface area contributed by atoms with Crippen LogP contribution in [0.5, 0.6) is 0 Å². The maximum atomic E-state index is 3.63. The van der Waals surface area contributed by atoms with E-state index in [0.29, 0.717) is 6.04 Å². The standard InChI is InChI=1S/C23H25N/c1-17-11-13-21(14-12-17)19(3)24-16-20-8-6-9-22(15-20)23-10-5-4-7-18(23)2/h4-15,19,24H,16H2,1-3H3/t19-/m1/s1. The molecular formula is C23H25N. The maximum Gasteiger partial charge on any atom is 0.0294 e. The molecule has 1 nitrogen and oxygen atoms in total. The van der Waals surface area contributed by atoms with Crippen molar-refractivity contribution < 1.29 is 0 Å². The minimum absolute atomic E-state index is 0.340. The van der Waals surface area contributed by atoms with Gasteiger partial charge in [0, 0.05) is 12.6 Å². The van der Waals surface area contributed by atoms with Crippen molar-refractivity contribution >= 4 is 0 Å². The molecule has 0 aromatic heterocycles. The molecule has 3 rings (SSSR count). The normalized spacial score (nSPS) is 12.1. The molecule has 0 aliphatic heterocycles. The fourth-order valence-corrected chi connectivity index (χ4v) is 2.99. The van der Waals surface area contributed by atoms with E-state index in [-0.39, 0.29) is 0 Å². The second-order valence-corrected chi connectivity index (χ2v) is 6.53. The van der Waals surface area contributed by atoms with Crippen LogP contribution in [0, 0.1) is 13.8 Å². The molecule has 0 bridgehead atoms. The first-order valence-electron chi connectivity index (χ1n) is 8.58. The smallest absolute Gasteiger partial charge is 0.0294 e. The Kier molecular flexibility index (Phi) is 5.12. The van der Waals surface area contributed by atoms with Gasteiger partial charge >= 0.3 is 0 Å². The van der Waals surface area contributed by atoms with Gasteiger partial charge in [0.05, 0.1) is 0 Å². The lowest BCUT2D eigenvalue weighted by molar-refractivity contribution is 0.575. The Labute approximate surface area is 145 Å². The van der Waals surface area contributed by atoms with Crippen molar-refractivity contribution in [3.8, 4) is 11.1 Å². The van der Waals surface area contributed by atoms with Crippen molar-refractivity contribution in [2.24, 2.45) is 0 Å². The van der Waals surface area contributed by atoms with Crippen molar-refractivity contribution in [3.63, 3.8) is 0 Å². The summed E-state index contributed by atoms with van der Waals surface area (Å²) < 4.78 is 0. The first-order valence-corrected chi connectivity index (χ1v) is 8.58. The summed E-state index contributed by atoms with van der Waals surface area (Å²) in [6, 6.07) is 26.5. The second-order valence-electron chi connectivity index (χ2n) is 6.53. The lowest BCUT2D eigenvalue weighted by atomic mass is 9.99. The molecular weight excluding hydrogens is 290 g/mol. The third-order valence-electron chi connectivity index (χ3n) is 4.57. The summed E-state index contributed by atoms with van der Waals surface area (Å²) in [7, 11) is 0. The average Bonchev–Trinajstić information content (AvgIpc) is 2.61. The largest absolute Gasteiger partial charge is 0.306 e. The van der Waals surface area contributed by atoms with Crippen molar-refractivity contribution in [1.82, 2.24) is 5.32 Å². The minimum Gasteiger partial charge on any atom is -0.306 e. The summed E-state index contributed by atoms with van der Waals surface area (Å²) in [5, 5.41) is 3.63. The quantitative estimate of drug-likeness (QED) is 0.625. The van der Waals surface area contributed by atoms with Gasteiger partial charge in [-0.3, -0.25) is 0 Å². The topological polar surface area (TPSA) is 12.0 Å². The Morgan fingerprint density at radius 2 is 1.58 bits per heavy atom. The van der Waals surface area contributed by atoms with Crippen LogP contribution in [0.15, 0.2) is 72.8 Å². The van der Waals surface area contributed by atoms with Gasteiger partial charge in [-0.1, -0.05) is 72.3 Å². The Bertz CT molecular complexity index is 802. The monoisotopic (exact) mass is 315 g/mol. The SMILES string of the molecule is Cc1ccc([C@@H](C)NCc2cccc(-c3ccccc3C)c2)cc1. The number of nitrogens with one attached hydrogen (secondary N) is 1. The van der Waals surface area contributed by atoms with Gasteiger partial charge in [0.1, 0.15) is 0 Å². The average molecular weight is 315 g/mol. The van der Waals surface area contributed by atoms with Crippen LogP contribution in [-0.4, -0.2) is 0 Å². The van der Waals surface area contributed by atoms with Crippen LogP contribution in [0.25, 0.3) is 11.1 Å². The first kappa shape index (κ1) is 16.5. The molecule has 0 aliphatic rings. The van der Waals surface area contributed by atoms with E-state index < -0.39 is 0 Å². The Morgan fingerprint density at radius 3 is 2.33 bits per heavy atom. The molecule has 0 heterocycles. The highest BCUT2D eigenvalue weighted by Crippen LogP contribution is 2.24. The summed E-state index contributed by atoms with van der Waals surface area (Å²) in [5.74, 6) is 0. The molecule has 0 spiro atoms. The zero-order valence-electron chi connectivity index (χ0n) is 14.7. The van der Waals surface area contributed by atoms with Crippen LogP contribution in [0.4, 0.5) is 0 Å².